The van der Waals surface area contributed by atoms with E-state index in [9.17, 15) is 18.0 Å². The Morgan fingerprint density at radius 3 is 2.41 bits per heavy atom. The van der Waals surface area contributed by atoms with Gasteiger partial charge in [-0.2, -0.15) is 5.10 Å². The molecule has 9 heteroatoms. The smallest absolute Gasteiger partial charge is 0.405 e. The maximum Gasteiger partial charge on any atom is 0.573 e. The molecule has 0 spiro atoms. The zero-order chi connectivity index (χ0) is 23.5. The fourth-order valence-corrected chi connectivity index (χ4v) is 3.39. The highest BCUT2D eigenvalue weighted by Crippen LogP contribution is 2.27. The van der Waals surface area contributed by atoms with E-state index in [2.05, 4.69) is 15.2 Å². The van der Waals surface area contributed by atoms with Crippen LogP contribution in [-0.4, -0.2) is 40.5 Å². The van der Waals surface area contributed by atoms with Crippen LogP contribution in [0.2, 0.25) is 0 Å². The van der Waals surface area contributed by atoms with Gasteiger partial charge in [-0.3, -0.25) is 9.69 Å². The Labute approximate surface area is 184 Å². The molecule has 0 unspecified atom stereocenters. The van der Waals surface area contributed by atoms with Crippen LogP contribution in [0.1, 0.15) is 22.5 Å². The van der Waals surface area contributed by atoms with Gasteiger partial charge < -0.3 is 10.1 Å². The average Bonchev–Trinajstić information content (AvgIpc) is 2.97. The lowest BCUT2D eigenvalue weighted by atomic mass is 10.2. The van der Waals surface area contributed by atoms with E-state index < -0.39 is 6.36 Å². The molecule has 0 aliphatic rings. The van der Waals surface area contributed by atoms with Crippen molar-refractivity contribution in [2.24, 2.45) is 0 Å². The molecule has 0 bridgehead atoms. The molecule has 0 saturated carbocycles. The molecule has 0 atom stereocenters. The largest absolute Gasteiger partial charge is 0.573 e. The third kappa shape index (κ3) is 5.88. The predicted octanol–water partition coefficient (Wildman–Crippen LogP) is 4.77. The Bertz CT molecular complexity index is 1090. The monoisotopic (exact) mass is 446 g/mol. The number of aryl methyl sites for hydroxylation is 2. The Morgan fingerprint density at radius 2 is 1.75 bits per heavy atom. The normalized spacial score (nSPS) is 11.6. The summed E-state index contributed by atoms with van der Waals surface area (Å²) < 4.78 is 43.7. The molecule has 1 N–H and O–H groups in total. The van der Waals surface area contributed by atoms with E-state index in [1.807, 2.05) is 45.0 Å². The zero-order valence-electron chi connectivity index (χ0n) is 18.3. The summed E-state index contributed by atoms with van der Waals surface area (Å²) in [6.45, 7) is 5.77. The van der Waals surface area contributed by atoms with Gasteiger partial charge in [0.05, 0.1) is 29.3 Å². The number of nitrogens with zero attached hydrogens (tertiary/aromatic N) is 3. The minimum Gasteiger partial charge on any atom is -0.405 e. The van der Waals surface area contributed by atoms with Crippen molar-refractivity contribution >= 4 is 11.6 Å². The quantitative estimate of drug-likeness (QED) is 0.568. The number of carbonyl (C=O) groups is 1. The number of halogens is 3. The van der Waals surface area contributed by atoms with Crippen LogP contribution in [0, 0.1) is 20.8 Å². The molecule has 1 aromatic heterocycles. The van der Waals surface area contributed by atoms with Gasteiger partial charge in [0.25, 0.3) is 0 Å². The highest BCUT2D eigenvalue weighted by molar-refractivity contribution is 5.93. The van der Waals surface area contributed by atoms with Gasteiger partial charge in [0.15, 0.2) is 0 Å². The number of nitrogens with one attached hydrogen (secondary N) is 1. The lowest BCUT2D eigenvalue weighted by Gasteiger charge is -2.19. The van der Waals surface area contributed by atoms with Crippen LogP contribution in [0.25, 0.3) is 5.69 Å². The molecule has 3 rings (SSSR count). The predicted molar refractivity (Wildman–Crippen MR) is 116 cm³/mol. The van der Waals surface area contributed by atoms with Gasteiger partial charge in [0.2, 0.25) is 5.91 Å². The first-order valence-corrected chi connectivity index (χ1v) is 9.99. The number of hydrogen-bond acceptors (Lipinski definition) is 4. The van der Waals surface area contributed by atoms with Crippen molar-refractivity contribution in [3.8, 4) is 11.4 Å². The summed E-state index contributed by atoms with van der Waals surface area (Å²) in [5, 5.41) is 7.40. The van der Waals surface area contributed by atoms with Crippen LogP contribution in [0.5, 0.6) is 5.75 Å². The zero-order valence-corrected chi connectivity index (χ0v) is 18.3. The number of benzene rings is 2. The maximum atomic E-state index is 12.6. The Kier molecular flexibility index (Phi) is 6.88. The summed E-state index contributed by atoms with van der Waals surface area (Å²) in [6, 6.07) is 13.8. The van der Waals surface area contributed by atoms with Crippen molar-refractivity contribution < 1.29 is 22.7 Å². The summed E-state index contributed by atoms with van der Waals surface area (Å²) in [6.07, 6.45) is -4.78. The van der Waals surface area contributed by atoms with Crippen LogP contribution >= 0.6 is 0 Å². The second-order valence-electron chi connectivity index (χ2n) is 7.67. The summed E-state index contributed by atoms with van der Waals surface area (Å²) in [5.74, 6) is -0.574. The number of aromatic nitrogens is 2. The molecule has 32 heavy (non-hydrogen) atoms. The molecular formula is C23H25F3N4O2. The van der Waals surface area contributed by atoms with Gasteiger partial charge in [0.1, 0.15) is 5.75 Å². The second kappa shape index (κ2) is 9.44. The SMILES string of the molecule is Cc1ccc(-n2nc(C)c(NC(=O)CN(C)Cc3ccccc3OC(F)(F)F)c2C)cc1. The Balaban J connectivity index is 1.67. The first-order chi connectivity index (χ1) is 15.0. The van der Waals surface area contributed by atoms with E-state index in [4.69, 9.17) is 0 Å². The molecule has 0 radical (unpaired) electrons. The number of rotatable bonds is 7. The lowest BCUT2D eigenvalue weighted by Crippen LogP contribution is -2.30. The molecule has 0 aliphatic heterocycles. The van der Waals surface area contributed by atoms with E-state index in [-0.39, 0.29) is 24.7 Å². The summed E-state index contributed by atoms with van der Waals surface area (Å²) in [7, 11) is 1.65. The van der Waals surface area contributed by atoms with Crippen LogP contribution in [-0.2, 0) is 11.3 Å². The van der Waals surface area contributed by atoms with Gasteiger partial charge in [0, 0.05) is 12.1 Å². The van der Waals surface area contributed by atoms with Crippen molar-refractivity contribution in [2.75, 3.05) is 18.9 Å². The molecule has 2 aromatic carbocycles. The fourth-order valence-electron chi connectivity index (χ4n) is 3.39. The number of hydrogen-bond donors (Lipinski definition) is 1. The lowest BCUT2D eigenvalue weighted by molar-refractivity contribution is -0.275. The Hall–Kier alpha value is -3.33. The number of carbonyl (C=O) groups excluding carboxylic acids is 1. The Morgan fingerprint density at radius 1 is 1.09 bits per heavy atom. The molecule has 1 heterocycles. The topological polar surface area (TPSA) is 59.4 Å². The number of likely N-dealkylation sites (N-methyl/N-ethyl adjacent to an activating group) is 1. The molecule has 0 fully saturated rings. The van der Waals surface area contributed by atoms with Gasteiger partial charge in [-0.15, -0.1) is 13.2 Å². The van der Waals surface area contributed by atoms with Crippen molar-refractivity contribution in [3.05, 3.63) is 71.0 Å². The van der Waals surface area contributed by atoms with E-state index in [1.54, 1.807) is 22.7 Å². The van der Waals surface area contributed by atoms with E-state index in [0.717, 1.165) is 16.9 Å². The van der Waals surface area contributed by atoms with Crippen LogP contribution in [0.15, 0.2) is 48.5 Å². The number of alkyl halides is 3. The van der Waals surface area contributed by atoms with Gasteiger partial charge in [-0.1, -0.05) is 35.9 Å². The standard InChI is InChI=1S/C23H25F3N4O2/c1-15-9-11-19(12-10-15)30-17(3)22(16(2)28-30)27-21(31)14-29(4)13-18-7-5-6-8-20(18)32-23(24,25)26/h5-12H,13-14H2,1-4H3,(H,27,31). The molecule has 6 nitrogen and oxygen atoms in total. The minimum atomic E-state index is -4.78. The molecule has 3 aromatic rings. The van der Waals surface area contributed by atoms with Crippen molar-refractivity contribution in [3.63, 3.8) is 0 Å². The first kappa shape index (κ1) is 23.3. The first-order valence-electron chi connectivity index (χ1n) is 9.99. The van der Waals surface area contributed by atoms with Crippen LogP contribution in [0.3, 0.4) is 0 Å². The van der Waals surface area contributed by atoms with Crippen molar-refractivity contribution in [1.82, 2.24) is 14.7 Å². The third-order valence-corrected chi connectivity index (χ3v) is 4.89. The van der Waals surface area contributed by atoms with Crippen molar-refractivity contribution in [1.29, 1.82) is 0 Å². The molecule has 0 aliphatic carbocycles. The van der Waals surface area contributed by atoms with Gasteiger partial charge >= 0.3 is 6.36 Å². The van der Waals surface area contributed by atoms with Gasteiger partial charge in [-0.25, -0.2) is 4.68 Å². The fraction of sp³-hybridized carbons (Fsp3) is 0.304. The summed E-state index contributed by atoms with van der Waals surface area (Å²) >= 11 is 0. The average molecular weight is 446 g/mol. The number of para-hydroxylation sites is 1. The maximum absolute atomic E-state index is 12.6. The highest BCUT2D eigenvalue weighted by atomic mass is 19.4. The summed E-state index contributed by atoms with van der Waals surface area (Å²) in [5.41, 5.74) is 4.42. The minimum absolute atomic E-state index is 0.0189. The molecule has 170 valence electrons. The van der Waals surface area contributed by atoms with Crippen molar-refractivity contribution in [2.45, 2.75) is 33.7 Å². The highest BCUT2D eigenvalue weighted by Gasteiger charge is 2.32. The van der Waals surface area contributed by atoms with E-state index in [1.165, 1.54) is 18.2 Å². The van der Waals surface area contributed by atoms with Gasteiger partial charge in [-0.05, 0) is 46.0 Å². The molecule has 1 amide bonds. The van der Waals surface area contributed by atoms with E-state index >= 15 is 0 Å². The van der Waals surface area contributed by atoms with Crippen LogP contribution < -0.4 is 10.1 Å². The van der Waals surface area contributed by atoms with E-state index in [0.29, 0.717) is 16.9 Å². The molecule has 0 saturated heterocycles. The van der Waals surface area contributed by atoms with Crippen LogP contribution in [0.4, 0.5) is 18.9 Å². The molecular weight excluding hydrogens is 421 g/mol. The number of anilines is 1. The summed E-state index contributed by atoms with van der Waals surface area (Å²) in [4.78, 5) is 14.2. The second-order valence-corrected chi connectivity index (χ2v) is 7.67. The number of ether oxygens (including phenoxy) is 1. The number of amides is 1. The third-order valence-electron chi connectivity index (χ3n) is 4.89.